The highest BCUT2D eigenvalue weighted by Crippen LogP contribution is 2.03. The minimum atomic E-state index is -3.36. The van der Waals surface area contributed by atoms with Crippen molar-refractivity contribution >= 4 is 15.7 Å². The van der Waals surface area contributed by atoms with Crippen LogP contribution in [-0.4, -0.2) is 38.4 Å². The number of carbonyl (C=O) groups is 1. The van der Waals surface area contributed by atoms with Crippen molar-refractivity contribution in [3.05, 3.63) is 0 Å². The van der Waals surface area contributed by atoms with Crippen molar-refractivity contribution in [2.45, 2.75) is 33.7 Å². The van der Waals surface area contributed by atoms with Gasteiger partial charge in [0, 0.05) is 6.04 Å². The molecule has 17 heavy (non-hydrogen) atoms. The van der Waals surface area contributed by atoms with Crippen molar-refractivity contribution in [2.75, 3.05) is 18.1 Å². The Morgan fingerprint density at radius 3 is 2.18 bits per heavy atom. The maximum absolute atomic E-state index is 11.6. The maximum Gasteiger partial charge on any atom is 0.235 e. The summed E-state index contributed by atoms with van der Waals surface area (Å²) in [5.41, 5.74) is 5.37. The van der Waals surface area contributed by atoms with Gasteiger partial charge in [-0.15, -0.1) is 0 Å². The second-order valence-corrected chi connectivity index (χ2v) is 7.10. The molecular formula is C11H24N2O3S. The first-order valence-corrected chi connectivity index (χ1v) is 7.70. The molecule has 3 N–H and O–H groups in total. The lowest BCUT2D eigenvalue weighted by atomic mass is 10.1. The highest BCUT2D eigenvalue weighted by molar-refractivity contribution is 7.92. The van der Waals surface area contributed by atoms with E-state index < -0.39 is 21.5 Å². The van der Waals surface area contributed by atoms with E-state index in [0.717, 1.165) is 0 Å². The number of nitrogens with two attached hydrogens (primary N) is 1. The Hall–Kier alpha value is -0.620. The molecule has 0 radical (unpaired) electrons. The summed E-state index contributed by atoms with van der Waals surface area (Å²) in [6.45, 7) is 7.86. The maximum atomic E-state index is 11.6. The Labute approximate surface area is 104 Å². The van der Waals surface area contributed by atoms with E-state index in [4.69, 9.17) is 5.73 Å². The van der Waals surface area contributed by atoms with Crippen LogP contribution in [-0.2, 0) is 14.6 Å². The number of amides is 1. The van der Waals surface area contributed by atoms with Crippen LogP contribution in [0.1, 0.15) is 27.7 Å². The highest BCUT2D eigenvalue weighted by atomic mass is 32.2. The average molecular weight is 264 g/mol. The van der Waals surface area contributed by atoms with Gasteiger partial charge in [0.1, 0.15) is 5.75 Å². The highest BCUT2D eigenvalue weighted by Gasteiger charge is 2.20. The smallest absolute Gasteiger partial charge is 0.235 e. The molecule has 0 bridgehead atoms. The van der Waals surface area contributed by atoms with Gasteiger partial charge in [-0.1, -0.05) is 20.8 Å². The first kappa shape index (κ1) is 16.4. The van der Waals surface area contributed by atoms with Gasteiger partial charge in [-0.2, -0.15) is 0 Å². The van der Waals surface area contributed by atoms with Crippen LogP contribution >= 0.6 is 0 Å². The van der Waals surface area contributed by atoms with E-state index in [2.05, 4.69) is 5.32 Å². The van der Waals surface area contributed by atoms with Crippen LogP contribution < -0.4 is 11.1 Å². The zero-order chi connectivity index (χ0) is 13.6. The molecule has 0 rings (SSSR count). The van der Waals surface area contributed by atoms with Crippen molar-refractivity contribution < 1.29 is 13.2 Å². The molecule has 0 aliphatic rings. The number of sulfone groups is 1. The molecule has 0 saturated carbocycles. The van der Waals surface area contributed by atoms with E-state index in [1.54, 1.807) is 6.92 Å². The molecule has 1 amide bonds. The fourth-order valence-electron chi connectivity index (χ4n) is 1.22. The summed E-state index contributed by atoms with van der Waals surface area (Å²) in [4.78, 5) is 11.5. The van der Waals surface area contributed by atoms with Gasteiger partial charge in [0.05, 0.1) is 5.75 Å². The molecule has 0 heterocycles. The normalized spacial score (nSPS) is 15.6. The van der Waals surface area contributed by atoms with Gasteiger partial charge in [0.15, 0.2) is 9.84 Å². The number of carbonyl (C=O) groups excluding carboxylic acids is 1. The SMILES string of the molecule is CC(CN)CS(=O)(=O)CC(=O)NC(C)C(C)C. The molecular weight excluding hydrogens is 240 g/mol. The van der Waals surface area contributed by atoms with Crippen LogP contribution in [0.2, 0.25) is 0 Å². The second-order valence-electron chi connectivity index (χ2n) is 5.00. The molecule has 0 aromatic carbocycles. The summed E-state index contributed by atoms with van der Waals surface area (Å²) in [5, 5.41) is 2.68. The minimum Gasteiger partial charge on any atom is -0.353 e. The van der Waals surface area contributed by atoms with Crippen LogP contribution in [0.4, 0.5) is 0 Å². The Morgan fingerprint density at radius 2 is 1.76 bits per heavy atom. The fourth-order valence-corrected chi connectivity index (χ4v) is 2.83. The lowest BCUT2D eigenvalue weighted by Gasteiger charge is -2.17. The monoisotopic (exact) mass is 264 g/mol. The number of hydrogen-bond acceptors (Lipinski definition) is 4. The Morgan fingerprint density at radius 1 is 1.24 bits per heavy atom. The van der Waals surface area contributed by atoms with Gasteiger partial charge in [0.25, 0.3) is 0 Å². The topological polar surface area (TPSA) is 89.3 Å². The summed E-state index contributed by atoms with van der Waals surface area (Å²) >= 11 is 0. The predicted octanol–water partition coefficient (Wildman–Crippen LogP) is 0.157. The minimum absolute atomic E-state index is 0.0235. The molecule has 0 aromatic heterocycles. The first-order chi connectivity index (χ1) is 7.68. The van der Waals surface area contributed by atoms with Gasteiger partial charge in [-0.3, -0.25) is 4.79 Å². The summed E-state index contributed by atoms with van der Waals surface area (Å²) in [6.07, 6.45) is 0. The molecule has 0 aliphatic heterocycles. The van der Waals surface area contributed by atoms with E-state index in [0.29, 0.717) is 6.54 Å². The molecule has 2 unspecified atom stereocenters. The van der Waals surface area contributed by atoms with Crippen LogP contribution in [0, 0.1) is 11.8 Å². The third kappa shape index (κ3) is 7.33. The largest absolute Gasteiger partial charge is 0.353 e. The van der Waals surface area contributed by atoms with Gasteiger partial charge < -0.3 is 11.1 Å². The molecule has 0 aromatic rings. The average Bonchev–Trinajstić information content (AvgIpc) is 2.15. The molecule has 2 atom stereocenters. The predicted molar refractivity (Wildman–Crippen MR) is 69.3 cm³/mol. The van der Waals surface area contributed by atoms with E-state index in [-0.39, 0.29) is 23.6 Å². The molecule has 0 fully saturated rings. The van der Waals surface area contributed by atoms with Gasteiger partial charge in [0.2, 0.25) is 5.91 Å². The third-order valence-electron chi connectivity index (χ3n) is 2.68. The summed E-state index contributed by atoms with van der Waals surface area (Å²) in [5.74, 6) is -0.753. The molecule has 5 nitrogen and oxygen atoms in total. The fraction of sp³-hybridized carbons (Fsp3) is 0.909. The molecule has 0 aliphatic carbocycles. The zero-order valence-corrected chi connectivity index (χ0v) is 11.9. The lowest BCUT2D eigenvalue weighted by Crippen LogP contribution is -2.40. The second kappa shape index (κ2) is 6.96. The number of nitrogens with one attached hydrogen (secondary N) is 1. The van der Waals surface area contributed by atoms with Crippen molar-refractivity contribution in [3.63, 3.8) is 0 Å². The standard InChI is InChI=1S/C11H24N2O3S/c1-8(2)10(4)13-11(14)7-17(15,16)6-9(3)5-12/h8-10H,5-7,12H2,1-4H3,(H,13,14). The van der Waals surface area contributed by atoms with Crippen molar-refractivity contribution in [1.29, 1.82) is 0 Å². The van der Waals surface area contributed by atoms with Crippen molar-refractivity contribution in [3.8, 4) is 0 Å². The lowest BCUT2D eigenvalue weighted by molar-refractivity contribution is -0.119. The molecule has 0 spiro atoms. The molecule has 6 heteroatoms. The first-order valence-electron chi connectivity index (χ1n) is 5.87. The van der Waals surface area contributed by atoms with Crippen molar-refractivity contribution in [2.24, 2.45) is 17.6 Å². The van der Waals surface area contributed by atoms with Crippen LogP contribution in [0.3, 0.4) is 0 Å². The zero-order valence-electron chi connectivity index (χ0n) is 11.1. The quantitative estimate of drug-likeness (QED) is 0.685. The summed E-state index contributed by atoms with van der Waals surface area (Å²) in [7, 11) is -3.36. The summed E-state index contributed by atoms with van der Waals surface area (Å²) in [6, 6.07) is -0.0235. The van der Waals surface area contributed by atoms with E-state index >= 15 is 0 Å². The number of rotatable bonds is 7. The Kier molecular flexibility index (Phi) is 6.70. The molecule has 102 valence electrons. The third-order valence-corrected chi connectivity index (χ3v) is 4.46. The van der Waals surface area contributed by atoms with E-state index in [1.807, 2.05) is 20.8 Å². The van der Waals surface area contributed by atoms with Gasteiger partial charge in [-0.25, -0.2) is 8.42 Å². The van der Waals surface area contributed by atoms with Crippen molar-refractivity contribution in [1.82, 2.24) is 5.32 Å². The Bertz CT molecular complexity index is 339. The van der Waals surface area contributed by atoms with Gasteiger partial charge >= 0.3 is 0 Å². The molecule has 0 saturated heterocycles. The van der Waals surface area contributed by atoms with Crippen LogP contribution in [0.15, 0.2) is 0 Å². The van der Waals surface area contributed by atoms with E-state index in [1.165, 1.54) is 0 Å². The van der Waals surface area contributed by atoms with Crippen LogP contribution in [0.25, 0.3) is 0 Å². The Balaban J connectivity index is 4.28. The van der Waals surface area contributed by atoms with E-state index in [9.17, 15) is 13.2 Å². The van der Waals surface area contributed by atoms with Gasteiger partial charge in [-0.05, 0) is 25.3 Å². The number of hydrogen-bond donors (Lipinski definition) is 2. The summed E-state index contributed by atoms with van der Waals surface area (Å²) < 4.78 is 23.3. The van der Waals surface area contributed by atoms with Crippen LogP contribution in [0.5, 0.6) is 0 Å².